The third-order valence-electron chi connectivity index (χ3n) is 3.62. The first-order chi connectivity index (χ1) is 9.83. The summed E-state index contributed by atoms with van der Waals surface area (Å²) in [6, 6.07) is 28.1. The maximum Gasteiger partial charge on any atom is -0.00196 e. The minimum Gasteiger partial charge on any atom is -0.0622 e. The second kappa shape index (κ2) is 5.75. The summed E-state index contributed by atoms with van der Waals surface area (Å²) in [6.45, 7) is 2.13. The van der Waals surface area contributed by atoms with Crippen molar-refractivity contribution in [3.63, 3.8) is 0 Å². The number of aryl methyl sites for hydroxylation is 1. The van der Waals surface area contributed by atoms with E-state index in [0.29, 0.717) is 0 Å². The minimum atomic E-state index is 0.978. The van der Waals surface area contributed by atoms with Crippen LogP contribution in [0.5, 0.6) is 0 Å². The Hall–Kier alpha value is -2.34. The highest BCUT2D eigenvalue weighted by Gasteiger charge is 2.04. The van der Waals surface area contributed by atoms with Crippen LogP contribution in [0.3, 0.4) is 0 Å². The van der Waals surface area contributed by atoms with Crippen LogP contribution in [0, 0.1) is 6.92 Å². The van der Waals surface area contributed by atoms with Crippen molar-refractivity contribution in [1.82, 2.24) is 0 Å². The Morgan fingerprint density at radius 2 is 1.30 bits per heavy atom. The van der Waals surface area contributed by atoms with Gasteiger partial charge in [0.15, 0.2) is 0 Å². The highest BCUT2D eigenvalue weighted by Crippen LogP contribution is 2.25. The molecule has 0 unspecified atom stereocenters. The van der Waals surface area contributed by atoms with Crippen molar-refractivity contribution in [2.75, 3.05) is 0 Å². The summed E-state index contributed by atoms with van der Waals surface area (Å²) >= 11 is 0. The molecule has 98 valence electrons. The molecule has 0 aliphatic heterocycles. The molecule has 20 heavy (non-hydrogen) atoms. The van der Waals surface area contributed by atoms with Gasteiger partial charge in [0.1, 0.15) is 0 Å². The van der Waals surface area contributed by atoms with Gasteiger partial charge in [-0.3, -0.25) is 0 Å². The number of benzene rings is 3. The average Bonchev–Trinajstić information content (AvgIpc) is 2.51. The molecule has 3 aromatic carbocycles. The lowest BCUT2D eigenvalue weighted by molar-refractivity contribution is 1.19. The molecule has 0 saturated carbocycles. The van der Waals surface area contributed by atoms with Crippen molar-refractivity contribution in [2.24, 2.45) is 0 Å². The number of hydrogen-bond acceptors (Lipinski definition) is 0. The molecular formula is C20H18. The summed E-state index contributed by atoms with van der Waals surface area (Å²) in [4.78, 5) is 0. The van der Waals surface area contributed by atoms with E-state index in [1.165, 1.54) is 27.8 Å². The van der Waals surface area contributed by atoms with Crippen LogP contribution in [0.2, 0.25) is 0 Å². The first kappa shape index (κ1) is 12.7. The van der Waals surface area contributed by atoms with Crippen LogP contribution in [0.15, 0.2) is 78.9 Å². The van der Waals surface area contributed by atoms with Gasteiger partial charge in [0.2, 0.25) is 0 Å². The van der Waals surface area contributed by atoms with E-state index in [4.69, 9.17) is 0 Å². The van der Waals surface area contributed by atoms with E-state index in [1.54, 1.807) is 0 Å². The van der Waals surface area contributed by atoms with Gasteiger partial charge in [0.05, 0.1) is 0 Å². The molecule has 0 atom stereocenters. The number of rotatable bonds is 3. The zero-order valence-electron chi connectivity index (χ0n) is 11.7. The molecule has 0 fully saturated rings. The van der Waals surface area contributed by atoms with E-state index < -0.39 is 0 Å². The fourth-order valence-corrected chi connectivity index (χ4v) is 2.50. The van der Waals surface area contributed by atoms with E-state index in [9.17, 15) is 0 Å². The Morgan fingerprint density at radius 3 is 2.05 bits per heavy atom. The van der Waals surface area contributed by atoms with E-state index >= 15 is 0 Å². The molecule has 0 N–H and O–H groups in total. The Kier molecular flexibility index (Phi) is 3.64. The Bertz CT molecular complexity index is 679. The van der Waals surface area contributed by atoms with Gasteiger partial charge in [0.25, 0.3) is 0 Å². The molecule has 0 heteroatoms. The van der Waals surface area contributed by atoms with Crippen molar-refractivity contribution in [3.8, 4) is 11.1 Å². The Balaban J connectivity index is 1.96. The smallest absolute Gasteiger partial charge is 0.00196 e. The fourth-order valence-electron chi connectivity index (χ4n) is 2.50. The van der Waals surface area contributed by atoms with Gasteiger partial charge in [-0.2, -0.15) is 0 Å². The predicted molar refractivity (Wildman–Crippen MR) is 85.9 cm³/mol. The van der Waals surface area contributed by atoms with Gasteiger partial charge in [-0.25, -0.2) is 0 Å². The largest absolute Gasteiger partial charge is 0.0622 e. The molecule has 0 spiro atoms. The summed E-state index contributed by atoms with van der Waals surface area (Å²) < 4.78 is 0. The highest BCUT2D eigenvalue weighted by molar-refractivity contribution is 5.67. The zero-order chi connectivity index (χ0) is 13.8. The summed E-state index contributed by atoms with van der Waals surface area (Å²) in [5.41, 5.74) is 6.66. The maximum atomic E-state index is 2.22. The molecule has 3 aromatic rings. The maximum absolute atomic E-state index is 2.22. The first-order valence-corrected chi connectivity index (χ1v) is 7.02. The Morgan fingerprint density at radius 1 is 0.650 bits per heavy atom. The van der Waals surface area contributed by atoms with E-state index in [2.05, 4.69) is 85.8 Å². The van der Waals surface area contributed by atoms with Gasteiger partial charge < -0.3 is 0 Å². The summed E-state index contributed by atoms with van der Waals surface area (Å²) in [7, 11) is 0. The average molecular weight is 258 g/mol. The molecule has 3 rings (SSSR count). The molecule has 0 aromatic heterocycles. The quantitative estimate of drug-likeness (QED) is 0.601. The Labute approximate surface area is 120 Å². The van der Waals surface area contributed by atoms with Gasteiger partial charge in [0, 0.05) is 0 Å². The summed E-state index contributed by atoms with van der Waals surface area (Å²) in [5, 5.41) is 0. The lowest BCUT2D eigenvalue weighted by Crippen LogP contribution is -1.92. The topological polar surface area (TPSA) is 0 Å². The van der Waals surface area contributed by atoms with E-state index in [0.717, 1.165) is 6.42 Å². The molecule has 0 saturated heterocycles. The van der Waals surface area contributed by atoms with Gasteiger partial charge >= 0.3 is 0 Å². The van der Waals surface area contributed by atoms with Crippen LogP contribution in [0.4, 0.5) is 0 Å². The first-order valence-electron chi connectivity index (χ1n) is 7.02. The second-order valence-corrected chi connectivity index (χ2v) is 5.19. The standard InChI is InChI=1S/C20H18/c1-16-11-13-17(14-12-16)15-19-9-5-6-10-20(19)18-7-3-2-4-8-18/h2-14H,15H2,1H3. The van der Waals surface area contributed by atoms with Gasteiger partial charge in [-0.05, 0) is 35.6 Å². The predicted octanol–water partition coefficient (Wildman–Crippen LogP) is 5.25. The molecule has 0 radical (unpaired) electrons. The van der Waals surface area contributed by atoms with Crippen LogP contribution in [0.25, 0.3) is 11.1 Å². The van der Waals surface area contributed by atoms with E-state index in [-0.39, 0.29) is 0 Å². The van der Waals surface area contributed by atoms with Crippen LogP contribution < -0.4 is 0 Å². The monoisotopic (exact) mass is 258 g/mol. The normalized spacial score (nSPS) is 10.4. The van der Waals surface area contributed by atoms with Gasteiger partial charge in [-0.15, -0.1) is 0 Å². The molecular weight excluding hydrogens is 240 g/mol. The second-order valence-electron chi connectivity index (χ2n) is 5.19. The molecule has 0 nitrogen and oxygen atoms in total. The SMILES string of the molecule is Cc1ccc(Cc2ccccc2-c2ccccc2)cc1. The van der Waals surface area contributed by atoms with Crippen LogP contribution in [0.1, 0.15) is 16.7 Å². The molecule has 0 aliphatic rings. The van der Waals surface area contributed by atoms with Crippen LogP contribution in [-0.4, -0.2) is 0 Å². The fraction of sp³-hybridized carbons (Fsp3) is 0.100. The summed E-state index contributed by atoms with van der Waals surface area (Å²) in [5.74, 6) is 0. The van der Waals surface area contributed by atoms with Crippen molar-refractivity contribution in [3.05, 3.63) is 95.6 Å². The lowest BCUT2D eigenvalue weighted by Gasteiger charge is -2.10. The molecule has 0 aliphatic carbocycles. The van der Waals surface area contributed by atoms with Gasteiger partial charge in [-0.1, -0.05) is 84.4 Å². The number of hydrogen-bond donors (Lipinski definition) is 0. The molecule has 0 bridgehead atoms. The molecule has 0 heterocycles. The van der Waals surface area contributed by atoms with Crippen LogP contribution >= 0.6 is 0 Å². The lowest BCUT2D eigenvalue weighted by atomic mass is 9.95. The molecule has 0 amide bonds. The van der Waals surface area contributed by atoms with Crippen molar-refractivity contribution >= 4 is 0 Å². The highest BCUT2D eigenvalue weighted by atomic mass is 14.1. The van der Waals surface area contributed by atoms with E-state index in [1.807, 2.05) is 0 Å². The minimum absolute atomic E-state index is 0.978. The summed E-state index contributed by atoms with van der Waals surface area (Å²) in [6.07, 6.45) is 0.978. The third-order valence-corrected chi connectivity index (χ3v) is 3.62. The van der Waals surface area contributed by atoms with Crippen LogP contribution in [-0.2, 0) is 6.42 Å². The van der Waals surface area contributed by atoms with Crippen molar-refractivity contribution < 1.29 is 0 Å². The van der Waals surface area contributed by atoms with Crippen molar-refractivity contribution in [1.29, 1.82) is 0 Å². The third kappa shape index (κ3) is 2.80. The zero-order valence-corrected chi connectivity index (χ0v) is 11.7. The van der Waals surface area contributed by atoms with Crippen molar-refractivity contribution in [2.45, 2.75) is 13.3 Å².